The summed E-state index contributed by atoms with van der Waals surface area (Å²) in [5, 5.41) is 6.27. The molecule has 0 aromatic heterocycles. The average molecular weight is 529 g/mol. The standard InChI is InChI=1S/C29H35Cl2N3O2/c30-24-17-22(19-9-11-21(12-10-19)28(35)33-34-15-5-2-6-16-34)18-25(31)27(24)26(20-7-3-1-4-8-20)23-13-14-32-29(23)36/h9-12,17-18,20,23,26H,1-8,13-16H2,(H,32,36)(H,33,35). The lowest BCUT2D eigenvalue weighted by atomic mass is 9.70. The Labute approximate surface area is 223 Å². The van der Waals surface area contributed by atoms with Gasteiger partial charge in [-0.3, -0.25) is 15.0 Å². The molecule has 36 heavy (non-hydrogen) atoms. The molecule has 192 valence electrons. The zero-order valence-electron chi connectivity index (χ0n) is 20.7. The van der Waals surface area contributed by atoms with E-state index in [1.165, 1.54) is 25.7 Å². The number of hydrogen-bond acceptors (Lipinski definition) is 3. The Morgan fingerprint density at radius 1 is 0.889 bits per heavy atom. The highest BCUT2D eigenvalue weighted by molar-refractivity contribution is 6.36. The molecule has 1 saturated carbocycles. The number of rotatable bonds is 6. The lowest BCUT2D eigenvalue weighted by molar-refractivity contribution is -0.123. The molecule has 2 aliphatic heterocycles. The summed E-state index contributed by atoms with van der Waals surface area (Å²) in [7, 11) is 0. The summed E-state index contributed by atoms with van der Waals surface area (Å²) in [5.74, 6) is 0.431. The smallest absolute Gasteiger partial charge is 0.265 e. The fraction of sp³-hybridized carbons (Fsp3) is 0.517. The van der Waals surface area contributed by atoms with Crippen LogP contribution in [0.25, 0.3) is 11.1 Å². The largest absolute Gasteiger partial charge is 0.356 e. The Morgan fingerprint density at radius 3 is 2.14 bits per heavy atom. The third kappa shape index (κ3) is 5.58. The highest BCUT2D eigenvalue weighted by Crippen LogP contribution is 2.48. The van der Waals surface area contributed by atoms with Gasteiger partial charge in [0.15, 0.2) is 0 Å². The molecule has 5 rings (SSSR count). The fourth-order valence-electron chi connectivity index (χ4n) is 6.31. The van der Waals surface area contributed by atoms with E-state index in [-0.39, 0.29) is 23.7 Å². The molecule has 2 aromatic rings. The van der Waals surface area contributed by atoms with Gasteiger partial charge in [-0.1, -0.05) is 61.0 Å². The van der Waals surface area contributed by atoms with Crippen LogP contribution >= 0.6 is 23.2 Å². The number of piperidine rings is 1. The topological polar surface area (TPSA) is 61.4 Å². The number of hydrogen-bond donors (Lipinski definition) is 2. The molecule has 0 spiro atoms. The van der Waals surface area contributed by atoms with Gasteiger partial charge in [0.05, 0.1) is 0 Å². The summed E-state index contributed by atoms with van der Waals surface area (Å²) in [4.78, 5) is 25.4. The van der Waals surface area contributed by atoms with Crippen LogP contribution in [0.15, 0.2) is 36.4 Å². The molecule has 3 aliphatic rings. The minimum absolute atomic E-state index is 0.0442. The Morgan fingerprint density at radius 2 is 1.53 bits per heavy atom. The molecule has 2 heterocycles. The number of carbonyl (C=O) groups is 2. The van der Waals surface area contributed by atoms with E-state index < -0.39 is 0 Å². The number of halogens is 2. The summed E-state index contributed by atoms with van der Waals surface area (Å²) in [6, 6.07) is 11.5. The van der Waals surface area contributed by atoms with Crippen molar-refractivity contribution in [1.29, 1.82) is 0 Å². The molecule has 0 bridgehead atoms. The first-order valence-corrected chi connectivity index (χ1v) is 14.2. The van der Waals surface area contributed by atoms with E-state index in [9.17, 15) is 9.59 Å². The van der Waals surface area contributed by atoms with E-state index in [2.05, 4.69) is 10.7 Å². The maximum atomic E-state index is 12.7. The highest BCUT2D eigenvalue weighted by Gasteiger charge is 2.40. The number of nitrogens with zero attached hydrogens (tertiary/aromatic N) is 1. The summed E-state index contributed by atoms with van der Waals surface area (Å²) < 4.78 is 0. The minimum atomic E-state index is -0.0833. The van der Waals surface area contributed by atoms with E-state index in [0.29, 0.717) is 21.5 Å². The molecule has 1 aliphatic carbocycles. The summed E-state index contributed by atoms with van der Waals surface area (Å²) >= 11 is 13.9. The number of benzene rings is 2. The zero-order valence-corrected chi connectivity index (χ0v) is 22.2. The first-order chi connectivity index (χ1) is 17.5. The van der Waals surface area contributed by atoms with E-state index in [1.54, 1.807) is 0 Å². The molecule has 0 radical (unpaired) electrons. The lowest BCUT2D eigenvalue weighted by Crippen LogP contribution is -2.45. The Hall–Kier alpha value is -2.08. The maximum absolute atomic E-state index is 12.7. The van der Waals surface area contributed by atoms with Gasteiger partial charge in [-0.05, 0) is 79.0 Å². The number of carbonyl (C=O) groups excluding carboxylic acids is 2. The first-order valence-electron chi connectivity index (χ1n) is 13.4. The molecule has 3 fully saturated rings. The molecule has 2 saturated heterocycles. The van der Waals surface area contributed by atoms with Gasteiger partial charge in [-0.2, -0.15) is 0 Å². The molecule has 2 atom stereocenters. The van der Waals surface area contributed by atoms with Crippen LogP contribution in [0.1, 0.15) is 79.6 Å². The van der Waals surface area contributed by atoms with Crippen molar-refractivity contribution in [3.8, 4) is 11.1 Å². The molecule has 5 nitrogen and oxygen atoms in total. The monoisotopic (exact) mass is 527 g/mol. The molecular weight excluding hydrogens is 493 g/mol. The lowest BCUT2D eigenvalue weighted by Gasteiger charge is -2.34. The van der Waals surface area contributed by atoms with Crippen LogP contribution in [0.2, 0.25) is 10.0 Å². The molecular formula is C29H35Cl2N3O2. The maximum Gasteiger partial charge on any atom is 0.265 e. The van der Waals surface area contributed by atoms with Gasteiger partial charge < -0.3 is 5.32 Å². The van der Waals surface area contributed by atoms with Crippen LogP contribution in [-0.4, -0.2) is 36.5 Å². The van der Waals surface area contributed by atoms with Crippen molar-refractivity contribution in [2.75, 3.05) is 19.6 Å². The van der Waals surface area contributed by atoms with Crippen molar-refractivity contribution in [2.45, 2.75) is 63.7 Å². The quantitative estimate of drug-likeness (QED) is 0.445. The van der Waals surface area contributed by atoms with Gasteiger partial charge in [-0.15, -0.1) is 0 Å². The molecule has 2 N–H and O–H groups in total. The van der Waals surface area contributed by atoms with Crippen molar-refractivity contribution in [2.24, 2.45) is 11.8 Å². The van der Waals surface area contributed by atoms with Gasteiger partial charge in [-0.25, -0.2) is 5.01 Å². The van der Waals surface area contributed by atoms with Crippen LogP contribution in [0, 0.1) is 11.8 Å². The highest BCUT2D eigenvalue weighted by atomic mass is 35.5. The van der Waals surface area contributed by atoms with E-state index >= 15 is 0 Å². The molecule has 2 unspecified atom stereocenters. The number of amides is 2. The van der Waals surface area contributed by atoms with E-state index in [1.807, 2.05) is 41.4 Å². The van der Waals surface area contributed by atoms with Gasteiger partial charge >= 0.3 is 0 Å². The van der Waals surface area contributed by atoms with Crippen molar-refractivity contribution < 1.29 is 9.59 Å². The second-order valence-electron chi connectivity index (χ2n) is 10.5. The number of hydrazine groups is 1. The third-order valence-electron chi connectivity index (χ3n) is 8.19. The van der Waals surface area contributed by atoms with Crippen molar-refractivity contribution in [3.63, 3.8) is 0 Å². The molecule has 2 aromatic carbocycles. The summed E-state index contributed by atoms with van der Waals surface area (Å²) in [6.07, 6.45) is 10.2. The van der Waals surface area contributed by atoms with Crippen LogP contribution in [-0.2, 0) is 4.79 Å². The Balaban J connectivity index is 1.38. The van der Waals surface area contributed by atoms with Crippen LogP contribution in [0.3, 0.4) is 0 Å². The van der Waals surface area contributed by atoms with Crippen LogP contribution in [0.4, 0.5) is 0 Å². The van der Waals surface area contributed by atoms with Crippen LogP contribution in [0.5, 0.6) is 0 Å². The molecule has 7 heteroatoms. The second-order valence-corrected chi connectivity index (χ2v) is 11.3. The van der Waals surface area contributed by atoms with Gasteiger partial charge in [0.2, 0.25) is 5.91 Å². The van der Waals surface area contributed by atoms with Crippen molar-refractivity contribution in [1.82, 2.24) is 15.8 Å². The zero-order chi connectivity index (χ0) is 25.1. The number of nitrogens with one attached hydrogen (secondary N) is 2. The van der Waals surface area contributed by atoms with E-state index in [0.717, 1.165) is 68.4 Å². The Bertz CT molecular complexity index is 1070. The normalized spacial score (nSPS) is 22.3. The van der Waals surface area contributed by atoms with E-state index in [4.69, 9.17) is 23.2 Å². The van der Waals surface area contributed by atoms with Crippen LogP contribution < -0.4 is 10.7 Å². The third-order valence-corrected chi connectivity index (χ3v) is 8.82. The Kier molecular flexibility index (Phi) is 8.19. The summed E-state index contributed by atoms with van der Waals surface area (Å²) in [5.41, 5.74) is 6.43. The summed E-state index contributed by atoms with van der Waals surface area (Å²) in [6.45, 7) is 2.52. The van der Waals surface area contributed by atoms with Gasteiger partial charge in [0.1, 0.15) is 0 Å². The fourth-order valence-corrected chi connectivity index (χ4v) is 7.05. The molecule has 2 amide bonds. The SMILES string of the molecule is O=C(NN1CCCCC1)c1ccc(-c2cc(Cl)c(C(C3CCCCC3)C3CCNC3=O)c(Cl)c2)cc1. The predicted molar refractivity (Wildman–Crippen MR) is 145 cm³/mol. The average Bonchev–Trinajstić information content (AvgIpc) is 3.32. The van der Waals surface area contributed by atoms with Gasteiger partial charge in [0.25, 0.3) is 5.91 Å². The second kappa shape index (κ2) is 11.5. The van der Waals surface area contributed by atoms with Gasteiger partial charge in [0, 0.05) is 47.1 Å². The minimum Gasteiger partial charge on any atom is -0.356 e. The first kappa shape index (κ1) is 25.6. The van der Waals surface area contributed by atoms with Crippen molar-refractivity contribution >= 4 is 35.0 Å². The van der Waals surface area contributed by atoms with Crippen molar-refractivity contribution in [3.05, 3.63) is 57.6 Å². The predicted octanol–water partition coefficient (Wildman–Crippen LogP) is 6.59.